The first kappa shape index (κ1) is 15.5. The van der Waals surface area contributed by atoms with E-state index in [9.17, 15) is 4.79 Å². The average molecular weight is 331 g/mol. The molecule has 0 unspecified atom stereocenters. The van der Waals surface area contributed by atoms with Gasteiger partial charge in [0.25, 0.3) is 5.91 Å². The van der Waals surface area contributed by atoms with Crippen molar-refractivity contribution in [2.45, 2.75) is 6.42 Å². The molecule has 4 rings (SSSR count). The van der Waals surface area contributed by atoms with Gasteiger partial charge in [-0.3, -0.25) is 4.79 Å². The quantitative estimate of drug-likeness (QED) is 0.779. The summed E-state index contributed by atoms with van der Waals surface area (Å²) in [4.78, 5) is 14.7. The molecule has 3 aromatic rings. The Morgan fingerprint density at radius 1 is 0.960 bits per heavy atom. The molecule has 1 amide bonds. The summed E-state index contributed by atoms with van der Waals surface area (Å²) in [6, 6.07) is 20.1. The van der Waals surface area contributed by atoms with E-state index < -0.39 is 0 Å². The average Bonchev–Trinajstić information content (AvgIpc) is 3.32. The fraction of sp³-hybridized carbons (Fsp3) is 0.190. The van der Waals surface area contributed by atoms with Crippen LogP contribution in [-0.4, -0.2) is 30.1 Å². The summed E-state index contributed by atoms with van der Waals surface area (Å²) in [7, 11) is 0. The Hall–Kier alpha value is -3.01. The second kappa shape index (κ2) is 6.85. The van der Waals surface area contributed by atoms with Gasteiger partial charge in [-0.1, -0.05) is 18.2 Å². The molecule has 0 saturated heterocycles. The summed E-state index contributed by atoms with van der Waals surface area (Å²) in [5.74, 6) is -0.0217. The number of hydrogen-bond donors (Lipinski definition) is 1. The number of hydrogen-bond acceptors (Lipinski definition) is 2. The SMILES string of the molecule is O=C(NCCN1CCc2ccccc21)c1ccc(-n2cccc2)cc1. The summed E-state index contributed by atoms with van der Waals surface area (Å²) in [6.07, 6.45) is 5.07. The fourth-order valence-corrected chi connectivity index (χ4v) is 3.34. The third-order valence-corrected chi connectivity index (χ3v) is 4.68. The lowest BCUT2D eigenvalue weighted by atomic mass is 10.2. The van der Waals surface area contributed by atoms with E-state index in [1.807, 2.05) is 53.4 Å². The maximum Gasteiger partial charge on any atom is 0.251 e. The zero-order chi connectivity index (χ0) is 17.1. The van der Waals surface area contributed by atoms with Crippen molar-refractivity contribution < 1.29 is 4.79 Å². The molecule has 0 aliphatic carbocycles. The van der Waals surface area contributed by atoms with Crippen molar-refractivity contribution in [3.8, 4) is 5.69 Å². The summed E-state index contributed by atoms with van der Waals surface area (Å²) < 4.78 is 2.02. The highest BCUT2D eigenvalue weighted by Crippen LogP contribution is 2.26. The molecule has 2 heterocycles. The highest BCUT2D eigenvalue weighted by molar-refractivity contribution is 5.94. The Morgan fingerprint density at radius 3 is 2.52 bits per heavy atom. The van der Waals surface area contributed by atoms with Crippen molar-refractivity contribution in [3.05, 3.63) is 84.2 Å². The number of rotatable bonds is 5. The molecular formula is C21H21N3O. The van der Waals surface area contributed by atoms with E-state index in [2.05, 4.69) is 34.5 Å². The maximum absolute atomic E-state index is 12.3. The van der Waals surface area contributed by atoms with Crippen molar-refractivity contribution in [1.82, 2.24) is 9.88 Å². The van der Waals surface area contributed by atoms with Gasteiger partial charge in [0, 0.05) is 49.0 Å². The van der Waals surface area contributed by atoms with Crippen LogP contribution in [0, 0.1) is 0 Å². The number of para-hydroxylation sites is 1. The third kappa shape index (κ3) is 3.29. The van der Waals surface area contributed by atoms with Crippen LogP contribution in [0.25, 0.3) is 5.69 Å². The summed E-state index contributed by atoms with van der Waals surface area (Å²) in [5, 5.41) is 3.02. The van der Waals surface area contributed by atoms with Crippen molar-refractivity contribution in [1.29, 1.82) is 0 Å². The van der Waals surface area contributed by atoms with Gasteiger partial charge in [-0.05, 0) is 54.4 Å². The van der Waals surface area contributed by atoms with Gasteiger partial charge in [0.05, 0.1) is 0 Å². The number of aromatic nitrogens is 1. The molecule has 4 heteroatoms. The van der Waals surface area contributed by atoms with Gasteiger partial charge in [0.15, 0.2) is 0 Å². The molecule has 0 bridgehead atoms. The molecule has 1 aliphatic rings. The zero-order valence-corrected chi connectivity index (χ0v) is 14.1. The summed E-state index contributed by atoms with van der Waals surface area (Å²) in [5.41, 5.74) is 4.44. The van der Waals surface area contributed by atoms with Gasteiger partial charge in [-0.2, -0.15) is 0 Å². The van der Waals surface area contributed by atoms with Crippen LogP contribution in [0.3, 0.4) is 0 Å². The molecule has 2 aromatic carbocycles. The molecule has 0 radical (unpaired) electrons. The molecule has 0 spiro atoms. The number of carbonyl (C=O) groups excluding carboxylic acids is 1. The van der Waals surface area contributed by atoms with Crippen molar-refractivity contribution in [2.24, 2.45) is 0 Å². The minimum absolute atomic E-state index is 0.0217. The second-order valence-corrected chi connectivity index (χ2v) is 6.26. The molecule has 0 atom stereocenters. The molecule has 1 aromatic heterocycles. The smallest absolute Gasteiger partial charge is 0.251 e. The van der Waals surface area contributed by atoms with E-state index in [0.717, 1.165) is 25.2 Å². The van der Waals surface area contributed by atoms with Crippen LogP contribution in [0.1, 0.15) is 15.9 Å². The minimum atomic E-state index is -0.0217. The van der Waals surface area contributed by atoms with Gasteiger partial charge >= 0.3 is 0 Å². The van der Waals surface area contributed by atoms with Gasteiger partial charge < -0.3 is 14.8 Å². The molecular weight excluding hydrogens is 310 g/mol. The number of amides is 1. The van der Waals surface area contributed by atoms with Crippen LogP contribution < -0.4 is 10.2 Å². The topological polar surface area (TPSA) is 37.3 Å². The molecule has 1 aliphatic heterocycles. The molecule has 126 valence electrons. The first-order chi connectivity index (χ1) is 12.3. The first-order valence-electron chi connectivity index (χ1n) is 8.66. The largest absolute Gasteiger partial charge is 0.369 e. The highest BCUT2D eigenvalue weighted by atomic mass is 16.1. The number of nitrogens with zero attached hydrogens (tertiary/aromatic N) is 2. The molecule has 25 heavy (non-hydrogen) atoms. The highest BCUT2D eigenvalue weighted by Gasteiger charge is 2.17. The number of anilines is 1. The van der Waals surface area contributed by atoms with Crippen molar-refractivity contribution >= 4 is 11.6 Å². The Kier molecular flexibility index (Phi) is 4.25. The Bertz CT molecular complexity index is 853. The lowest BCUT2D eigenvalue weighted by Gasteiger charge is -2.19. The lowest BCUT2D eigenvalue weighted by molar-refractivity contribution is 0.0954. The fourth-order valence-electron chi connectivity index (χ4n) is 3.34. The molecule has 4 nitrogen and oxygen atoms in total. The van der Waals surface area contributed by atoms with E-state index in [1.165, 1.54) is 11.3 Å². The van der Waals surface area contributed by atoms with Crippen LogP contribution in [0.4, 0.5) is 5.69 Å². The predicted molar refractivity (Wildman–Crippen MR) is 100 cm³/mol. The van der Waals surface area contributed by atoms with Gasteiger partial charge in [0.1, 0.15) is 0 Å². The van der Waals surface area contributed by atoms with Crippen LogP contribution in [0.2, 0.25) is 0 Å². The third-order valence-electron chi connectivity index (χ3n) is 4.68. The monoisotopic (exact) mass is 331 g/mol. The van der Waals surface area contributed by atoms with E-state index in [-0.39, 0.29) is 5.91 Å². The Morgan fingerprint density at radius 2 is 1.72 bits per heavy atom. The van der Waals surface area contributed by atoms with E-state index >= 15 is 0 Å². The lowest BCUT2D eigenvalue weighted by Crippen LogP contribution is -2.34. The Balaban J connectivity index is 1.32. The van der Waals surface area contributed by atoms with E-state index in [0.29, 0.717) is 12.1 Å². The normalized spacial score (nSPS) is 12.9. The Labute approximate surface area is 147 Å². The molecule has 1 N–H and O–H groups in total. The standard InChI is InChI=1S/C21H21N3O/c25-21(18-7-9-19(10-8-18)23-13-3-4-14-23)22-12-16-24-15-11-17-5-1-2-6-20(17)24/h1-10,13-14H,11-12,15-16H2,(H,22,25). The number of benzene rings is 2. The van der Waals surface area contributed by atoms with Crippen LogP contribution in [0.15, 0.2) is 73.1 Å². The second-order valence-electron chi connectivity index (χ2n) is 6.26. The molecule has 0 fully saturated rings. The minimum Gasteiger partial charge on any atom is -0.369 e. The van der Waals surface area contributed by atoms with E-state index in [4.69, 9.17) is 0 Å². The van der Waals surface area contributed by atoms with E-state index in [1.54, 1.807) is 0 Å². The number of carbonyl (C=O) groups is 1. The van der Waals surface area contributed by atoms with Crippen LogP contribution in [-0.2, 0) is 6.42 Å². The zero-order valence-electron chi connectivity index (χ0n) is 14.1. The molecule has 0 saturated carbocycles. The predicted octanol–water partition coefficient (Wildman–Crippen LogP) is 3.27. The summed E-state index contributed by atoms with van der Waals surface area (Å²) >= 11 is 0. The van der Waals surface area contributed by atoms with Crippen LogP contribution >= 0.6 is 0 Å². The van der Waals surface area contributed by atoms with Crippen molar-refractivity contribution in [3.63, 3.8) is 0 Å². The maximum atomic E-state index is 12.3. The van der Waals surface area contributed by atoms with Crippen molar-refractivity contribution in [2.75, 3.05) is 24.5 Å². The number of nitrogens with one attached hydrogen (secondary N) is 1. The van der Waals surface area contributed by atoms with Crippen LogP contribution in [0.5, 0.6) is 0 Å². The van der Waals surface area contributed by atoms with Gasteiger partial charge in [-0.25, -0.2) is 0 Å². The first-order valence-corrected chi connectivity index (χ1v) is 8.66. The van der Waals surface area contributed by atoms with Gasteiger partial charge in [-0.15, -0.1) is 0 Å². The number of fused-ring (bicyclic) bond motifs is 1. The van der Waals surface area contributed by atoms with Gasteiger partial charge in [0.2, 0.25) is 0 Å². The summed E-state index contributed by atoms with van der Waals surface area (Å²) in [6.45, 7) is 2.51.